The summed E-state index contributed by atoms with van der Waals surface area (Å²) in [6.45, 7) is 1.37. The monoisotopic (exact) mass is 238 g/mol. The molecule has 0 aromatic carbocycles. The number of amides is 1. The number of rotatable bonds is 3. The number of hydrogen-bond donors (Lipinski definition) is 1. The van der Waals surface area contributed by atoms with Crippen molar-refractivity contribution < 1.29 is 9.90 Å². The first-order valence-corrected chi connectivity index (χ1v) is 6.11. The fraction of sp³-hybridized carbons (Fsp3) is 0.909. The Hall–Kier alpha value is -1.26. The van der Waals surface area contributed by atoms with Crippen LogP contribution in [0.1, 0.15) is 25.7 Å². The standard InChI is InChI=1S/C11H18N4O2/c12-14-13-5-10(17)15-6-9(7-16)11(8-15)3-1-2-4-11/h9,16H,1-8H2/t9-/m1/s1. The molecule has 94 valence electrons. The summed E-state index contributed by atoms with van der Waals surface area (Å²) in [5, 5.41) is 12.8. The van der Waals surface area contributed by atoms with E-state index in [1.54, 1.807) is 4.90 Å². The van der Waals surface area contributed by atoms with Crippen LogP contribution in [0.4, 0.5) is 0 Å². The third kappa shape index (κ3) is 2.23. The van der Waals surface area contributed by atoms with Gasteiger partial charge in [0.25, 0.3) is 0 Å². The van der Waals surface area contributed by atoms with Crippen LogP contribution in [0.15, 0.2) is 5.11 Å². The van der Waals surface area contributed by atoms with E-state index >= 15 is 0 Å². The van der Waals surface area contributed by atoms with E-state index in [-0.39, 0.29) is 30.4 Å². The van der Waals surface area contributed by atoms with Crippen LogP contribution in [0.5, 0.6) is 0 Å². The highest BCUT2D eigenvalue weighted by molar-refractivity contribution is 5.78. The van der Waals surface area contributed by atoms with E-state index < -0.39 is 0 Å². The maximum atomic E-state index is 11.8. The predicted molar refractivity (Wildman–Crippen MR) is 62.1 cm³/mol. The summed E-state index contributed by atoms with van der Waals surface area (Å²) in [4.78, 5) is 16.1. The molecule has 17 heavy (non-hydrogen) atoms. The second-order valence-corrected chi connectivity index (χ2v) is 5.11. The van der Waals surface area contributed by atoms with E-state index in [1.807, 2.05) is 0 Å². The molecule has 6 heteroatoms. The SMILES string of the molecule is [N-]=[N+]=NCC(=O)N1C[C@H](CO)C2(CCCC2)C1. The Balaban J connectivity index is 2.04. The maximum absolute atomic E-state index is 11.8. The molecule has 1 heterocycles. The molecule has 1 spiro atoms. The number of azide groups is 1. The first kappa shape index (κ1) is 12.2. The molecule has 0 bridgehead atoms. The van der Waals surface area contributed by atoms with Gasteiger partial charge in [0.15, 0.2) is 0 Å². The molecule has 2 rings (SSSR count). The molecule has 1 aliphatic heterocycles. The lowest BCUT2D eigenvalue weighted by molar-refractivity contribution is -0.129. The van der Waals surface area contributed by atoms with E-state index in [0.717, 1.165) is 19.4 Å². The molecule has 1 N–H and O–H groups in total. The van der Waals surface area contributed by atoms with Crippen molar-refractivity contribution in [1.29, 1.82) is 0 Å². The number of hydrogen-bond acceptors (Lipinski definition) is 3. The van der Waals surface area contributed by atoms with Crippen molar-refractivity contribution in [2.24, 2.45) is 16.4 Å². The third-order valence-corrected chi connectivity index (χ3v) is 4.25. The minimum atomic E-state index is -0.120. The smallest absolute Gasteiger partial charge is 0.228 e. The molecule has 1 amide bonds. The lowest BCUT2D eigenvalue weighted by Gasteiger charge is -2.28. The van der Waals surface area contributed by atoms with Crippen LogP contribution in [0, 0.1) is 11.3 Å². The molecular weight excluding hydrogens is 220 g/mol. The highest BCUT2D eigenvalue weighted by Gasteiger charge is 2.48. The van der Waals surface area contributed by atoms with Crippen molar-refractivity contribution in [1.82, 2.24) is 4.90 Å². The first-order chi connectivity index (χ1) is 8.22. The molecule has 0 aromatic rings. The van der Waals surface area contributed by atoms with E-state index in [1.165, 1.54) is 12.8 Å². The van der Waals surface area contributed by atoms with E-state index in [2.05, 4.69) is 10.0 Å². The molecule has 1 aliphatic carbocycles. The largest absolute Gasteiger partial charge is 0.396 e. The van der Waals surface area contributed by atoms with Crippen LogP contribution >= 0.6 is 0 Å². The molecule has 0 unspecified atom stereocenters. The van der Waals surface area contributed by atoms with Gasteiger partial charge in [-0.15, -0.1) is 0 Å². The van der Waals surface area contributed by atoms with Crippen LogP contribution in [0.3, 0.4) is 0 Å². The summed E-state index contributed by atoms with van der Waals surface area (Å²) < 4.78 is 0. The number of aliphatic hydroxyl groups is 1. The second kappa shape index (κ2) is 4.94. The Labute approximate surface area is 100 Å². The van der Waals surface area contributed by atoms with Gasteiger partial charge in [-0.3, -0.25) is 4.79 Å². The number of aliphatic hydroxyl groups excluding tert-OH is 1. The predicted octanol–water partition coefficient (Wildman–Crippen LogP) is 1.31. The third-order valence-electron chi connectivity index (χ3n) is 4.25. The average Bonchev–Trinajstić information content (AvgIpc) is 2.94. The fourth-order valence-corrected chi connectivity index (χ4v) is 3.31. The van der Waals surface area contributed by atoms with E-state index in [4.69, 9.17) is 5.53 Å². The van der Waals surface area contributed by atoms with Crippen LogP contribution < -0.4 is 0 Å². The molecular formula is C11H18N4O2. The van der Waals surface area contributed by atoms with Crippen LogP contribution in [0.25, 0.3) is 10.4 Å². The summed E-state index contributed by atoms with van der Waals surface area (Å²) in [5.74, 6) is 0.0741. The van der Waals surface area contributed by atoms with Gasteiger partial charge in [-0.2, -0.15) is 0 Å². The quantitative estimate of drug-likeness (QED) is 0.456. The number of nitrogens with zero attached hydrogens (tertiary/aromatic N) is 4. The van der Waals surface area contributed by atoms with Crippen molar-refractivity contribution >= 4 is 5.91 Å². The minimum absolute atomic E-state index is 0.106. The molecule has 2 fully saturated rings. The van der Waals surface area contributed by atoms with Gasteiger partial charge in [-0.1, -0.05) is 18.0 Å². The zero-order chi connectivity index (χ0) is 12.3. The van der Waals surface area contributed by atoms with Gasteiger partial charge in [0.1, 0.15) is 6.54 Å². The van der Waals surface area contributed by atoms with Crippen LogP contribution in [0.2, 0.25) is 0 Å². The van der Waals surface area contributed by atoms with Gasteiger partial charge < -0.3 is 10.0 Å². The van der Waals surface area contributed by atoms with E-state index in [9.17, 15) is 9.90 Å². The Morgan fingerprint density at radius 1 is 1.53 bits per heavy atom. The minimum Gasteiger partial charge on any atom is -0.396 e. The molecule has 2 aliphatic rings. The summed E-state index contributed by atoms with van der Waals surface area (Å²) in [6, 6.07) is 0. The molecule has 1 saturated carbocycles. The fourth-order valence-electron chi connectivity index (χ4n) is 3.31. The topological polar surface area (TPSA) is 89.3 Å². The van der Waals surface area contributed by atoms with Gasteiger partial charge in [0, 0.05) is 30.5 Å². The Morgan fingerprint density at radius 2 is 2.24 bits per heavy atom. The number of carbonyl (C=O) groups is 1. The van der Waals surface area contributed by atoms with Crippen molar-refractivity contribution in [3.63, 3.8) is 0 Å². The van der Waals surface area contributed by atoms with Crippen LogP contribution in [-0.4, -0.2) is 42.2 Å². The summed E-state index contributed by atoms with van der Waals surface area (Å²) in [5.41, 5.74) is 8.33. The average molecular weight is 238 g/mol. The summed E-state index contributed by atoms with van der Waals surface area (Å²) >= 11 is 0. The number of likely N-dealkylation sites (tertiary alicyclic amines) is 1. The maximum Gasteiger partial charge on any atom is 0.228 e. The Bertz CT molecular complexity index is 345. The highest BCUT2D eigenvalue weighted by Crippen LogP contribution is 2.48. The van der Waals surface area contributed by atoms with Gasteiger partial charge in [-0.05, 0) is 23.8 Å². The van der Waals surface area contributed by atoms with Crippen LogP contribution in [-0.2, 0) is 4.79 Å². The van der Waals surface area contributed by atoms with E-state index in [0.29, 0.717) is 6.54 Å². The molecule has 1 atom stereocenters. The number of carbonyl (C=O) groups excluding carboxylic acids is 1. The van der Waals surface area contributed by atoms with Crippen molar-refractivity contribution in [2.75, 3.05) is 26.2 Å². The van der Waals surface area contributed by atoms with Gasteiger partial charge in [0.05, 0.1) is 0 Å². The molecule has 0 radical (unpaired) electrons. The molecule has 1 saturated heterocycles. The Kier molecular flexibility index (Phi) is 3.54. The summed E-state index contributed by atoms with van der Waals surface area (Å²) in [6.07, 6.45) is 4.58. The summed E-state index contributed by atoms with van der Waals surface area (Å²) in [7, 11) is 0. The van der Waals surface area contributed by atoms with Gasteiger partial charge >= 0.3 is 0 Å². The zero-order valence-corrected chi connectivity index (χ0v) is 9.88. The zero-order valence-electron chi connectivity index (χ0n) is 9.88. The normalized spacial score (nSPS) is 26.2. The molecule has 0 aromatic heterocycles. The lowest BCUT2D eigenvalue weighted by Crippen LogP contribution is -2.32. The second-order valence-electron chi connectivity index (χ2n) is 5.11. The van der Waals surface area contributed by atoms with Crippen molar-refractivity contribution in [3.8, 4) is 0 Å². The highest BCUT2D eigenvalue weighted by atomic mass is 16.3. The van der Waals surface area contributed by atoms with Crippen molar-refractivity contribution in [2.45, 2.75) is 25.7 Å². The van der Waals surface area contributed by atoms with Gasteiger partial charge in [0.2, 0.25) is 5.91 Å². The Morgan fingerprint density at radius 3 is 2.82 bits per heavy atom. The molecule has 6 nitrogen and oxygen atoms in total. The van der Waals surface area contributed by atoms with Crippen molar-refractivity contribution in [3.05, 3.63) is 10.4 Å². The first-order valence-electron chi connectivity index (χ1n) is 6.11. The lowest BCUT2D eigenvalue weighted by atomic mass is 9.77. The van der Waals surface area contributed by atoms with Gasteiger partial charge in [-0.25, -0.2) is 0 Å².